The Morgan fingerprint density at radius 1 is 0.467 bits per heavy atom. The van der Waals surface area contributed by atoms with Gasteiger partial charge in [0.25, 0.3) is 0 Å². The van der Waals surface area contributed by atoms with Crippen molar-refractivity contribution in [3.63, 3.8) is 0 Å². The van der Waals surface area contributed by atoms with Gasteiger partial charge in [-0.15, -0.1) is 0 Å². The Labute approximate surface area is 374 Å². The number of nitrogens with one attached hydrogen (secondary N) is 1. The summed E-state index contributed by atoms with van der Waals surface area (Å²) in [6.07, 6.45) is 54.2. The van der Waals surface area contributed by atoms with Crippen LogP contribution in [-0.4, -0.2) is 46.9 Å². The average molecular weight is 848 g/mol. The molecule has 60 heavy (non-hydrogen) atoms. The van der Waals surface area contributed by atoms with Gasteiger partial charge < -0.3 is 20.3 Å². The smallest absolute Gasteiger partial charge is 0.306 e. The summed E-state index contributed by atoms with van der Waals surface area (Å²) in [5.41, 5.74) is 0. The standard InChI is InChI=1S/C54H105NO5/c1-4-7-10-13-16-19-21-23-25-27-29-31-34-36-39-42-45-50(60-54(59)47-44-41-38-33-18-15-12-9-6-3)48-53(58)55-51(49-56)52(57)46-43-40-37-35-32-30-28-26-24-22-20-17-14-11-8-5-2/h29,31,50-52,56-57H,4-28,30,32-49H2,1-3H3,(H,55,58)/b31-29+. The third-order valence-corrected chi connectivity index (χ3v) is 12.6. The van der Waals surface area contributed by atoms with Crippen molar-refractivity contribution in [2.45, 2.75) is 315 Å². The molecule has 356 valence electrons. The Balaban J connectivity index is 4.47. The molecule has 3 unspecified atom stereocenters. The molecule has 0 aliphatic rings. The number of allylic oxidation sites excluding steroid dienone is 2. The zero-order valence-electron chi connectivity index (χ0n) is 40.6. The van der Waals surface area contributed by atoms with Crippen molar-refractivity contribution in [2.24, 2.45) is 0 Å². The highest BCUT2D eigenvalue weighted by Gasteiger charge is 2.24. The number of esters is 1. The van der Waals surface area contributed by atoms with E-state index in [0.29, 0.717) is 19.3 Å². The van der Waals surface area contributed by atoms with Gasteiger partial charge in [0.15, 0.2) is 0 Å². The molecule has 3 atom stereocenters. The topological polar surface area (TPSA) is 95.9 Å². The van der Waals surface area contributed by atoms with Crippen LogP contribution in [0.5, 0.6) is 0 Å². The van der Waals surface area contributed by atoms with Crippen LogP contribution in [0.4, 0.5) is 0 Å². The third-order valence-electron chi connectivity index (χ3n) is 12.6. The highest BCUT2D eigenvalue weighted by molar-refractivity contribution is 5.77. The molecule has 0 aromatic heterocycles. The van der Waals surface area contributed by atoms with E-state index in [0.717, 1.165) is 57.8 Å². The van der Waals surface area contributed by atoms with E-state index in [4.69, 9.17) is 4.74 Å². The molecule has 0 aromatic rings. The summed E-state index contributed by atoms with van der Waals surface area (Å²) in [5.74, 6) is -0.474. The molecule has 1 amide bonds. The van der Waals surface area contributed by atoms with E-state index in [2.05, 4.69) is 38.2 Å². The van der Waals surface area contributed by atoms with E-state index in [1.54, 1.807) is 0 Å². The van der Waals surface area contributed by atoms with E-state index >= 15 is 0 Å². The van der Waals surface area contributed by atoms with Crippen LogP contribution in [0.25, 0.3) is 0 Å². The fraction of sp³-hybridized carbons (Fsp3) is 0.926. The predicted molar refractivity (Wildman–Crippen MR) is 260 cm³/mol. The second-order valence-corrected chi connectivity index (χ2v) is 18.6. The van der Waals surface area contributed by atoms with Gasteiger partial charge in [0, 0.05) is 6.42 Å². The highest BCUT2D eigenvalue weighted by atomic mass is 16.5. The molecule has 0 aliphatic heterocycles. The van der Waals surface area contributed by atoms with Crippen LogP contribution in [0.3, 0.4) is 0 Å². The molecule has 0 rings (SSSR count). The van der Waals surface area contributed by atoms with Gasteiger partial charge in [-0.25, -0.2) is 0 Å². The van der Waals surface area contributed by atoms with Crippen LogP contribution in [0, 0.1) is 0 Å². The minimum absolute atomic E-state index is 0.0738. The van der Waals surface area contributed by atoms with Crippen LogP contribution >= 0.6 is 0 Å². The van der Waals surface area contributed by atoms with Gasteiger partial charge in [-0.3, -0.25) is 9.59 Å². The number of ether oxygens (including phenoxy) is 1. The maximum absolute atomic E-state index is 13.2. The number of aliphatic hydroxyl groups is 2. The normalized spacial score (nSPS) is 13.2. The summed E-state index contributed by atoms with van der Waals surface area (Å²) in [6.45, 7) is 6.49. The first-order chi connectivity index (χ1) is 29.5. The van der Waals surface area contributed by atoms with Crippen molar-refractivity contribution in [3.8, 4) is 0 Å². The van der Waals surface area contributed by atoms with Crippen molar-refractivity contribution in [1.29, 1.82) is 0 Å². The molecule has 0 spiro atoms. The van der Waals surface area contributed by atoms with E-state index in [9.17, 15) is 19.8 Å². The number of aliphatic hydroxyl groups excluding tert-OH is 2. The Kier molecular flexibility index (Phi) is 47.5. The molecule has 0 aliphatic carbocycles. The first-order valence-corrected chi connectivity index (χ1v) is 26.9. The molecule has 0 aromatic carbocycles. The molecule has 6 heteroatoms. The fourth-order valence-electron chi connectivity index (χ4n) is 8.49. The van der Waals surface area contributed by atoms with Gasteiger partial charge in [0.2, 0.25) is 5.91 Å². The lowest BCUT2D eigenvalue weighted by Gasteiger charge is -2.24. The molecule has 3 N–H and O–H groups in total. The van der Waals surface area contributed by atoms with Gasteiger partial charge in [-0.05, 0) is 51.4 Å². The number of rotatable bonds is 49. The molecule has 0 heterocycles. The zero-order chi connectivity index (χ0) is 43.8. The molecular formula is C54H105NO5. The quantitative estimate of drug-likeness (QED) is 0.0322. The molecular weight excluding hydrogens is 743 g/mol. The molecule has 0 saturated carbocycles. The summed E-state index contributed by atoms with van der Waals surface area (Å²) < 4.78 is 5.92. The van der Waals surface area contributed by atoms with E-state index < -0.39 is 18.2 Å². The largest absolute Gasteiger partial charge is 0.462 e. The summed E-state index contributed by atoms with van der Waals surface area (Å²) in [6, 6.07) is -0.700. The molecule has 0 fully saturated rings. The van der Waals surface area contributed by atoms with Crippen molar-refractivity contribution in [2.75, 3.05) is 6.61 Å². The van der Waals surface area contributed by atoms with Crippen LogP contribution < -0.4 is 5.32 Å². The molecule has 0 bridgehead atoms. The Hall–Kier alpha value is -1.40. The number of carbonyl (C=O) groups is 2. The second kappa shape index (κ2) is 48.6. The van der Waals surface area contributed by atoms with Crippen LogP contribution in [0.1, 0.15) is 297 Å². The number of amides is 1. The monoisotopic (exact) mass is 848 g/mol. The second-order valence-electron chi connectivity index (χ2n) is 18.6. The number of hydrogen-bond acceptors (Lipinski definition) is 5. The number of unbranched alkanes of at least 4 members (excludes halogenated alkanes) is 35. The van der Waals surface area contributed by atoms with Gasteiger partial charge in [0.1, 0.15) is 6.10 Å². The summed E-state index contributed by atoms with van der Waals surface area (Å²) >= 11 is 0. The fourth-order valence-corrected chi connectivity index (χ4v) is 8.49. The molecule has 6 nitrogen and oxygen atoms in total. The van der Waals surface area contributed by atoms with Crippen molar-refractivity contribution >= 4 is 11.9 Å². The van der Waals surface area contributed by atoms with Gasteiger partial charge in [0.05, 0.1) is 25.2 Å². The Bertz CT molecular complexity index is 909. The highest BCUT2D eigenvalue weighted by Crippen LogP contribution is 2.18. The lowest BCUT2D eigenvalue weighted by Crippen LogP contribution is -2.46. The number of carbonyl (C=O) groups excluding carboxylic acids is 2. The summed E-state index contributed by atoms with van der Waals surface area (Å²) in [7, 11) is 0. The zero-order valence-corrected chi connectivity index (χ0v) is 40.6. The first kappa shape index (κ1) is 58.6. The van der Waals surface area contributed by atoms with Crippen LogP contribution in [0.15, 0.2) is 12.2 Å². The van der Waals surface area contributed by atoms with Crippen molar-refractivity contribution < 1.29 is 24.5 Å². The van der Waals surface area contributed by atoms with Gasteiger partial charge in [-0.2, -0.15) is 0 Å². The van der Waals surface area contributed by atoms with Crippen molar-refractivity contribution in [1.82, 2.24) is 5.32 Å². The van der Waals surface area contributed by atoms with Crippen LogP contribution in [-0.2, 0) is 14.3 Å². The average Bonchev–Trinajstić information content (AvgIpc) is 3.24. The minimum atomic E-state index is -0.786. The summed E-state index contributed by atoms with van der Waals surface area (Å²) in [4.78, 5) is 26.1. The SMILES string of the molecule is CCCCCCCCCCC/C=C/CCCCCC(CC(=O)NC(CO)C(O)CCCCCCCCCCCCCCCCCC)OC(=O)CCCCCCCCCCC. The maximum atomic E-state index is 13.2. The maximum Gasteiger partial charge on any atom is 0.306 e. The van der Waals surface area contributed by atoms with Gasteiger partial charge >= 0.3 is 5.97 Å². The predicted octanol–water partition coefficient (Wildman–Crippen LogP) is 16.1. The third kappa shape index (κ3) is 43.3. The van der Waals surface area contributed by atoms with E-state index in [1.165, 1.54) is 193 Å². The molecule has 0 radical (unpaired) electrons. The number of hydrogen-bond donors (Lipinski definition) is 3. The van der Waals surface area contributed by atoms with Crippen LogP contribution in [0.2, 0.25) is 0 Å². The van der Waals surface area contributed by atoms with E-state index in [1.807, 2.05) is 0 Å². The lowest BCUT2D eigenvalue weighted by molar-refractivity contribution is -0.151. The minimum Gasteiger partial charge on any atom is -0.462 e. The molecule has 0 saturated heterocycles. The Morgan fingerprint density at radius 3 is 1.20 bits per heavy atom. The van der Waals surface area contributed by atoms with Crippen molar-refractivity contribution in [3.05, 3.63) is 12.2 Å². The van der Waals surface area contributed by atoms with E-state index in [-0.39, 0.29) is 24.9 Å². The Morgan fingerprint density at radius 2 is 0.800 bits per heavy atom. The lowest BCUT2D eigenvalue weighted by atomic mass is 10.0. The first-order valence-electron chi connectivity index (χ1n) is 26.9. The summed E-state index contributed by atoms with van der Waals surface area (Å²) in [5, 5.41) is 23.8. The van der Waals surface area contributed by atoms with Gasteiger partial charge in [-0.1, -0.05) is 245 Å².